The molecule has 0 bridgehead atoms. The Morgan fingerprint density at radius 2 is 2.19 bits per heavy atom. The zero-order valence-electron chi connectivity index (χ0n) is 12.7. The van der Waals surface area contributed by atoms with E-state index in [4.69, 9.17) is 4.74 Å². The van der Waals surface area contributed by atoms with Crippen LogP contribution in [0, 0.1) is 6.92 Å². The van der Waals surface area contributed by atoms with Crippen molar-refractivity contribution < 1.29 is 9.53 Å². The van der Waals surface area contributed by atoms with Crippen LogP contribution in [0.3, 0.4) is 0 Å². The molecule has 1 aromatic carbocycles. The van der Waals surface area contributed by atoms with Gasteiger partial charge in [-0.25, -0.2) is 0 Å². The molecule has 21 heavy (non-hydrogen) atoms. The number of aryl methyl sites for hydroxylation is 1. The van der Waals surface area contributed by atoms with Crippen LogP contribution in [-0.2, 0) is 4.79 Å². The van der Waals surface area contributed by atoms with E-state index in [2.05, 4.69) is 35.8 Å². The largest absolute Gasteiger partial charge is 0.493 e. The van der Waals surface area contributed by atoms with E-state index in [9.17, 15) is 4.79 Å². The highest BCUT2D eigenvalue weighted by atomic mass is 16.5. The third-order valence-corrected chi connectivity index (χ3v) is 4.19. The highest BCUT2D eigenvalue weighted by Gasteiger charge is 2.24. The number of hydrogen-bond acceptors (Lipinski definition) is 3. The summed E-state index contributed by atoms with van der Waals surface area (Å²) in [5.41, 5.74) is 2.42. The molecule has 1 fully saturated rings. The average molecular weight is 288 g/mol. The summed E-state index contributed by atoms with van der Waals surface area (Å²) in [6.45, 7) is 3.58. The lowest BCUT2D eigenvalue weighted by atomic mass is 10.00. The van der Waals surface area contributed by atoms with Gasteiger partial charge in [0.2, 0.25) is 5.91 Å². The molecule has 1 aliphatic carbocycles. The van der Waals surface area contributed by atoms with Crippen molar-refractivity contribution in [1.29, 1.82) is 0 Å². The molecule has 2 aliphatic rings. The fourth-order valence-corrected chi connectivity index (χ4v) is 2.86. The first-order valence-electron chi connectivity index (χ1n) is 7.99. The fourth-order valence-electron chi connectivity index (χ4n) is 2.86. The number of para-hydroxylation sites is 1. The van der Waals surface area contributed by atoms with Gasteiger partial charge in [0.25, 0.3) is 0 Å². The third kappa shape index (κ3) is 3.76. The highest BCUT2D eigenvalue weighted by Crippen LogP contribution is 2.33. The molecule has 114 valence electrons. The molecule has 1 saturated carbocycles. The lowest BCUT2D eigenvalue weighted by Gasteiger charge is -2.19. The number of carbonyl (C=O) groups is 1. The fraction of sp³-hybridized carbons (Fsp3) is 0.588. The van der Waals surface area contributed by atoms with Gasteiger partial charge in [0.1, 0.15) is 5.75 Å². The first-order chi connectivity index (χ1) is 10.2. The second-order valence-electron chi connectivity index (χ2n) is 6.08. The van der Waals surface area contributed by atoms with Crippen LogP contribution in [0.5, 0.6) is 5.75 Å². The van der Waals surface area contributed by atoms with E-state index < -0.39 is 0 Å². The van der Waals surface area contributed by atoms with Crippen molar-refractivity contribution in [3.05, 3.63) is 29.3 Å². The number of amides is 1. The van der Waals surface area contributed by atoms with E-state index in [1.54, 1.807) is 0 Å². The quantitative estimate of drug-likeness (QED) is 0.875. The minimum absolute atomic E-state index is 0.166. The molecule has 3 rings (SSSR count). The Bertz CT molecular complexity index is 512. The van der Waals surface area contributed by atoms with Gasteiger partial charge in [-0.05, 0) is 38.2 Å². The molecule has 1 unspecified atom stereocenters. The van der Waals surface area contributed by atoms with Crippen LogP contribution in [0.1, 0.15) is 49.3 Å². The standard InChI is InChI=1S/C17H24N2O2/c1-12-4-2-5-14-15(6-3-11-21-17(12)14)18-10-9-16(20)19-13-7-8-13/h2,4-5,13,15,18H,3,6-11H2,1H3,(H,19,20). The van der Waals surface area contributed by atoms with Crippen molar-refractivity contribution in [3.63, 3.8) is 0 Å². The van der Waals surface area contributed by atoms with Crippen molar-refractivity contribution in [1.82, 2.24) is 10.6 Å². The molecular weight excluding hydrogens is 264 g/mol. The van der Waals surface area contributed by atoms with Crippen molar-refractivity contribution >= 4 is 5.91 Å². The van der Waals surface area contributed by atoms with Gasteiger partial charge in [-0.3, -0.25) is 4.79 Å². The minimum Gasteiger partial charge on any atom is -0.493 e. The van der Waals surface area contributed by atoms with Gasteiger partial charge in [0.15, 0.2) is 0 Å². The van der Waals surface area contributed by atoms with Crippen LogP contribution in [0.25, 0.3) is 0 Å². The Hall–Kier alpha value is -1.55. The van der Waals surface area contributed by atoms with Crippen molar-refractivity contribution in [2.45, 2.75) is 51.1 Å². The predicted molar refractivity (Wildman–Crippen MR) is 82.4 cm³/mol. The smallest absolute Gasteiger partial charge is 0.221 e. The lowest BCUT2D eigenvalue weighted by Crippen LogP contribution is -2.30. The molecule has 1 amide bonds. The van der Waals surface area contributed by atoms with Crippen LogP contribution in [0.2, 0.25) is 0 Å². The molecule has 0 spiro atoms. The first-order valence-corrected chi connectivity index (χ1v) is 7.99. The monoisotopic (exact) mass is 288 g/mol. The van der Waals surface area contributed by atoms with E-state index in [-0.39, 0.29) is 11.9 Å². The number of fused-ring (bicyclic) bond motifs is 1. The van der Waals surface area contributed by atoms with Crippen LogP contribution < -0.4 is 15.4 Å². The van der Waals surface area contributed by atoms with Crippen LogP contribution in [0.15, 0.2) is 18.2 Å². The maximum absolute atomic E-state index is 11.7. The average Bonchev–Trinajstić information content (AvgIpc) is 3.27. The van der Waals surface area contributed by atoms with Gasteiger partial charge in [-0.2, -0.15) is 0 Å². The number of carbonyl (C=O) groups excluding carboxylic acids is 1. The number of rotatable bonds is 5. The van der Waals surface area contributed by atoms with Crippen molar-refractivity contribution in [2.24, 2.45) is 0 Å². The summed E-state index contributed by atoms with van der Waals surface area (Å²) in [6, 6.07) is 7.04. The van der Waals surface area contributed by atoms with Crippen molar-refractivity contribution in [2.75, 3.05) is 13.2 Å². The summed E-state index contributed by atoms with van der Waals surface area (Å²) in [6.07, 6.45) is 4.94. The second kappa shape index (κ2) is 6.48. The molecule has 1 atom stereocenters. The highest BCUT2D eigenvalue weighted by molar-refractivity contribution is 5.76. The van der Waals surface area contributed by atoms with Gasteiger partial charge < -0.3 is 15.4 Å². The van der Waals surface area contributed by atoms with E-state index in [0.29, 0.717) is 12.5 Å². The van der Waals surface area contributed by atoms with Gasteiger partial charge in [-0.15, -0.1) is 0 Å². The maximum Gasteiger partial charge on any atom is 0.221 e. The number of hydrogen-bond donors (Lipinski definition) is 2. The zero-order valence-corrected chi connectivity index (χ0v) is 12.7. The summed E-state index contributed by atoms with van der Waals surface area (Å²) in [5, 5.41) is 6.56. The number of ether oxygens (including phenoxy) is 1. The maximum atomic E-state index is 11.7. The SMILES string of the molecule is Cc1cccc2c1OCCCC2NCCC(=O)NC1CC1. The predicted octanol–water partition coefficient (Wildman–Crippen LogP) is 2.47. The second-order valence-corrected chi connectivity index (χ2v) is 6.08. The Morgan fingerprint density at radius 3 is 3.00 bits per heavy atom. The summed E-state index contributed by atoms with van der Waals surface area (Å²) in [5.74, 6) is 1.19. The van der Waals surface area contributed by atoms with Gasteiger partial charge in [0, 0.05) is 30.6 Å². The van der Waals surface area contributed by atoms with E-state index in [0.717, 1.165) is 44.6 Å². The van der Waals surface area contributed by atoms with Crippen LogP contribution >= 0.6 is 0 Å². The molecule has 0 radical (unpaired) electrons. The van der Waals surface area contributed by atoms with Gasteiger partial charge in [-0.1, -0.05) is 18.2 Å². The zero-order chi connectivity index (χ0) is 14.7. The molecule has 0 saturated heterocycles. The number of nitrogens with one attached hydrogen (secondary N) is 2. The summed E-state index contributed by atoms with van der Waals surface area (Å²) in [4.78, 5) is 11.7. The summed E-state index contributed by atoms with van der Waals surface area (Å²) >= 11 is 0. The van der Waals surface area contributed by atoms with Gasteiger partial charge >= 0.3 is 0 Å². The lowest BCUT2D eigenvalue weighted by molar-refractivity contribution is -0.121. The Kier molecular flexibility index (Phi) is 4.44. The minimum atomic E-state index is 0.166. The molecule has 1 aliphatic heterocycles. The Balaban J connectivity index is 1.57. The van der Waals surface area contributed by atoms with Crippen molar-refractivity contribution in [3.8, 4) is 5.75 Å². The van der Waals surface area contributed by atoms with Crippen LogP contribution in [-0.4, -0.2) is 25.1 Å². The third-order valence-electron chi connectivity index (χ3n) is 4.19. The van der Waals surface area contributed by atoms with E-state index in [1.165, 1.54) is 11.1 Å². The van der Waals surface area contributed by atoms with Crippen LogP contribution in [0.4, 0.5) is 0 Å². The molecule has 4 heteroatoms. The molecule has 0 aromatic heterocycles. The van der Waals surface area contributed by atoms with Gasteiger partial charge in [0.05, 0.1) is 6.61 Å². The molecule has 1 aromatic rings. The van der Waals surface area contributed by atoms with E-state index in [1.807, 2.05) is 0 Å². The number of benzene rings is 1. The summed E-state index contributed by atoms with van der Waals surface area (Å²) < 4.78 is 5.88. The Morgan fingerprint density at radius 1 is 1.33 bits per heavy atom. The molecular formula is C17H24N2O2. The molecule has 1 heterocycles. The Labute approximate surface area is 126 Å². The molecule has 4 nitrogen and oxygen atoms in total. The van der Waals surface area contributed by atoms with E-state index >= 15 is 0 Å². The molecule has 2 N–H and O–H groups in total. The topological polar surface area (TPSA) is 50.4 Å². The summed E-state index contributed by atoms with van der Waals surface area (Å²) in [7, 11) is 0. The normalized spacial score (nSPS) is 21.1. The first kappa shape index (κ1) is 14.4.